The van der Waals surface area contributed by atoms with E-state index in [9.17, 15) is 4.79 Å². The van der Waals surface area contributed by atoms with Crippen LogP contribution < -0.4 is 5.32 Å². The summed E-state index contributed by atoms with van der Waals surface area (Å²) in [6, 6.07) is 3.03. The average Bonchev–Trinajstić information content (AvgIpc) is 2.92. The maximum Gasteiger partial charge on any atom is 0.253 e. The number of amides is 1. The van der Waals surface area contributed by atoms with Crippen molar-refractivity contribution in [2.45, 2.75) is 13.0 Å². The molecule has 0 aliphatic heterocycles. The smallest absolute Gasteiger partial charge is 0.253 e. The van der Waals surface area contributed by atoms with Gasteiger partial charge in [0.15, 0.2) is 5.82 Å². The van der Waals surface area contributed by atoms with Crippen LogP contribution in [0, 0.1) is 0 Å². The van der Waals surface area contributed by atoms with Gasteiger partial charge in [0.05, 0.1) is 12.2 Å². The van der Waals surface area contributed by atoms with Gasteiger partial charge in [-0.05, 0) is 19.1 Å². The van der Waals surface area contributed by atoms with Crippen LogP contribution in [0.5, 0.6) is 0 Å². The molecule has 1 amide bonds. The molecule has 7 heteroatoms. The molecule has 2 aromatic rings. The molecule has 2 aromatic heterocycles. The van der Waals surface area contributed by atoms with Crippen molar-refractivity contribution >= 4 is 5.91 Å². The van der Waals surface area contributed by atoms with Crippen molar-refractivity contribution in [2.24, 2.45) is 0 Å². The number of aromatic nitrogens is 4. The predicted octanol–water partition coefficient (Wildman–Crippen LogP) is -0.227. The van der Waals surface area contributed by atoms with Gasteiger partial charge < -0.3 is 10.4 Å². The number of nitrogens with zero attached hydrogens (tertiary/aromatic N) is 4. The fraction of sp³-hybridized carbons (Fsp3) is 0.273. The van der Waals surface area contributed by atoms with Crippen molar-refractivity contribution in [3.8, 4) is 5.82 Å². The van der Waals surface area contributed by atoms with Crippen LogP contribution in [0.1, 0.15) is 17.3 Å². The lowest BCUT2D eigenvalue weighted by molar-refractivity contribution is 0.0922. The molecule has 0 aliphatic rings. The number of aliphatic hydroxyl groups excluding tert-OH is 1. The Morgan fingerprint density at radius 2 is 2.39 bits per heavy atom. The van der Waals surface area contributed by atoms with Crippen LogP contribution >= 0.6 is 0 Å². The minimum absolute atomic E-state index is 0.101. The second-order valence-electron chi connectivity index (χ2n) is 3.80. The summed E-state index contributed by atoms with van der Waals surface area (Å²) in [4.78, 5) is 19.6. The van der Waals surface area contributed by atoms with Crippen LogP contribution in [0.15, 0.2) is 31.0 Å². The van der Waals surface area contributed by atoms with E-state index in [0.29, 0.717) is 11.4 Å². The Kier molecular flexibility index (Phi) is 3.63. The molecular weight excluding hydrogens is 234 g/mol. The second-order valence-corrected chi connectivity index (χ2v) is 3.80. The molecule has 0 radical (unpaired) electrons. The third-order valence-electron chi connectivity index (χ3n) is 2.31. The van der Waals surface area contributed by atoms with Crippen LogP contribution in [-0.4, -0.2) is 43.4 Å². The van der Waals surface area contributed by atoms with Gasteiger partial charge in [-0.3, -0.25) is 4.79 Å². The molecule has 0 aromatic carbocycles. The monoisotopic (exact) mass is 247 g/mol. The van der Waals surface area contributed by atoms with Crippen LogP contribution in [0.2, 0.25) is 0 Å². The summed E-state index contributed by atoms with van der Waals surface area (Å²) < 4.78 is 1.50. The number of pyridine rings is 1. The number of hydrogen-bond donors (Lipinski definition) is 2. The van der Waals surface area contributed by atoms with Gasteiger partial charge in [-0.15, -0.1) is 0 Å². The van der Waals surface area contributed by atoms with E-state index in [1.54, 1.807) is 19.1 Å². The molecule has 0 bridgehead atoms. The number of rotatable bonds is 4. The van der Waals surface area contributed by atoms with Gasteiger partial charge in [-0.25, -0.2) is 14.6 Å². The van der Waals surface area contributed by atoms with Gasteiger partial charge in [-0.1, -0.05) is 0 Å². The zero-order valence-corrected chi connectivity index (χ0v) is 9.82. The fourth-order valence-corrected chi connectivity index (χ4v) is 1.34. The lowest BCUT2D eigenvalue weighted by Crippen LogP contribution is -2.35. The molecule has 0 spiro atoms. The zero-order valence-electron chi connectivity index (χ0n) is 9.82. The van der Waals surface area contributed by atoms with Crippen LogP contribution in [0.3, 0.4) is 0 Å². The largest absolute Gasteiger partial charge is 0.394 e. The SMILES string of the molecule is C[C@@H](CO)NC(=O)c1ccc(-n2cncn2)nc1. The maximum absolute atomic E-state index is 11.7. The number of nitrogens with one attached hydrogen (secondary N) is 1. The van der Waals surface area contributed by atoms with Crippen molar-refractivity contribution in [1.82, 2.24) is 25.1 Å². The Morgan fingerprint density at radius 1 is 1.56 bits per heavy atom. The highest BCUT2D eigenvalue weighted by atomic mass is 16.3. The molecule has 7 nitrogen and oxygen atoms in total. The zero-order chi connectivity index (χ0) is 13.0. The van der Waals surface area contributed by atoms with E-state index in [1.165, 1.54) is 23.5 Å². The summed E-state index contributed by atoms with van der Waals surface area (Å²) in [5, 5.41) is 15.4. The molecule has 0 saturated carbocycles. The highest BCUT2D eigenvalue weighted by Gasteiger charge is 2.09. The molecular formula is C11H13N5O2. The molecule has 0 aliphatic carbocycles. The van der Waals surface area contributed by atoms with Crippen LogP contribution in [-0.2, 0) is 0 Å². The first-order chi connectivity index (χ1) is 8.70. The van der Waals surface area contributed by atoms with E-state index in [4.69, 9.17) is 5.11 Å². The summed E-state index contributed by atoms with van der Waals surface area (Å²) in [5.74, 6) is 0.313. The molecule has 18 heavy (non-hydrogen) atoms. The molecule has 0 unspecified atom stereocenters. The van der Waals surface area contributed by atoms with Gasteiger partial charge in [0, 0.05) is 12.2 Å². The highest BCUT2D eigenvalue weighted by molar-refractivity contribution is 5.94. The number of aliphatic hydroxyl groups is 1. The summed E-state index contributed by atoms with van der Waals surface area (Å²) in [6.07, 6.45) is 4.39. The van der Waals surface area contributed by atoms with Gasteiger partial charge in [0.25, 0.3) is 5.91 Å². The Labute approximate surface area is 104 Å². The predicted molar refractivity (Wildman–Crippen MR) is 63.2 cm³/mol. The summed E-state index contributed by atoms with van der Waals surface area (Å²) in [6.45, 7) is 1.62. The fourth-order valence-electron chi connectivity index (χ4n) is 1.34. The van der Waals surface area contributed by atoms with Crippen molar-refractivity contribution in [1.29, 1.82) is 0 Å². The molecule has 0 fully saturated rings. The minimum Gasteiger partial charge on any atom is -0.394 e. The highest BCUT2D eigenvalue weighted by Crippen LogP contribution is 2.04. The summed E-state index contributed by atoms with van der Waals surface area (Å²) in [5.41, 5.74) is 0.430. The summed E-state index contributed by atoms with van der Waals surface area (Å²) in [7, 11) is 0. The lowest BCUT2D eigenvalue weighted by Gasteiger charge is -2.10. The van der Waals surface area contributed by atoms with Gasteiger partial charge in [0.1, 0.15) is 12.7 Å². The first-order valence-electron chi connectivity index (χ1n) is 5.43. The third kappa shape index (κ3) is 2.69. The first kappa shape index (κ1) is 12.2. The van der Waals surface area contributed by atoms with Crippen molar-refractivity contribution in [2.75, 3.05) is 6.61 Å². The average molecular weight is 247 g/mol. The van der Waals surface area contributed by atoms with Gasteiger partial charge in [0.2, 0.25) is 0 Å². The Morgan fingerprint density at radius 3 is 2.94 bits per heavy atom. The minimum atomic E-state index is -0.285. The van der Waals surface area contributed by atoms with E-state index in [0.717, 1.165) is 0 Å². The second kappa shape index (κ2) is 5.37. The summed E-state index contributed by atoms with van der Waals surface area (Å²) >= 11 is 0. The lowest BCUT2D eigenvalue weighted by atomic mass is 10.2. The number of hydrogen-bond acceptors (Lipinski definition) is 5. The number of carbonyl (C=O) groups excluding carboxylic acids is 1. The number of carbonyl (C=O) groups is 1. The Balaban J connectivity index is 2.10. The first-order valence-corrected chi connectivity index (χ1v) is 5.43. The van der Waals surface area contributed by atoms with E-state index in [-0.39, 0.29) is 18.6 Å². The van der Waals surface area contributed by atoms with E-state index in [1.807, 2.05) is 0 Å². The molecule has 0 saturated heterocycles. The van der Waals surface area contributed by atoms with Crippen molar-refractivity contribution < 1.29 is 9.90 Å². The normalized spacial score (nSPS) is 12.1. The van der Waals surface area contributed by atoms with Crippen molar-refractivity contribution in [3.63, 3.8) is 0 Å². The van der Waals surface area contributed by atoms with Gasteiger partial charge >= 0.3 is 0 Å². The Bertz CT molecular complexity index is 509. The standard InChI is InChI=1S/C11H13N5O2/c1-8(5-17)15-11(18)9-2-3-10(13-4-9)16-7-12-6-14-16/h2-4,6-8,17H,5H2,1H3,(H,15,18)/t8-/m0/s1. The van der Waals surface area contributed by atoms with Crippen LogP contribution in [0.4, 0.5) is 0 Å². The Hall–Kier alpha value is -2.28. The van der Waals surface area contributed by atoms with E-state index >= 15 is 0 Å². The van der Waals surface area contributed by atoms with Crippen LogP contribution in [0.25, 0.3) is 5.82 Å². The molecule has 2 rings (SSSR count). The van der Waals surface area contributed by atoms with E-state index < -0.39 is 0 Å². The third-order valence-corrected chi connectivity index (χ3v) is 2.31. The van der Waals surface area contributed by atoms with Gasteiger partial charge in [-0.2, -0.15) is 5.10 Å². The molecule has 2 heterocycles. The van der Waals surface area contributed by atoms with Crippen molar-refractivity contribution in [3.05, 3.63) is 36.5 Å². The molecule has 1 atom stereocenters. The molecule has 2 N–H and O–H groups in total. The molecule has 94 valence electrons. The quantitative estimate of drug-likeness (QED) is 0.778. The van der Waals surface area contributed by atoms with E-state index in [2.05, 4.69) is 20.4 Å². The maximum atomic E-state index is 11.7. The topological polar surface area (TPSA) is 92.9 Å².